The summed E-state index contributed by atoms with van der Waals surface area (Å²) in [6.45, 7) is 2.82. The first-order chi connectivity index (χ1) is 14.1. The number of hydrogen-bond donors (Lipinski definition) is 2. The minimum Gasteiger partial charge on any atom is -0.384 e. The average Bonchev–Trinajstić information content (AvgIpc) is 3.05. The van der Waals surface area contributed by atoms with E-state index < -0.39 is 11.7 Å². The van der Waals surface area contributed by atoms with Gasteiger partial charge in [-0.05, 0) is 66.9 Å². The fourth-order valence-corrected chi connectivity index (χ4v) is 3.42. The molecule has 0 saturated heterocycles. The fourth-order valence-electron chi connectivity index (χ4n) is 3.42. The van der Waals surface area contributed by atoms with Gasteiger partial charge >= 0.3 is 0 Å². The van der Waals surface area contributed by atoms with E-state index in [1.165, 1.54) is 17.8 Å². The standard InChI is InChI=1S/C23H21FN4O/c1-15-13-17(5-6-20(15)26-12-9-16-7-10-25-11-8-16)27-14-18-22-19(24)3-2-4-21(22)28-23(18)29/h2-8,10-11,13-14,18,26H,9,12H2,1H3,(H,28,29). The van der Waals surface area contributed by atoms with Crippen molar-refractivity contribution in [2.24, 2.45) is 4.99 Å². The van der Waals surface area contributed by atoms with Crippen LogP contribution in [0.5, 0.6) is 0 Å². The van der Waals surface area contributed by atoms with Gasteiger partial charge < -0.3 is 10.6 Å². The van der Waals surface area contributed by atoms with Crippen molar-refractivity contribution in [2.75, 3.05) is 17.2 Å². The second kappa shape index (κ2) is 8.22. The average molecular weight is 388 g/mol. The SMILES string of the molecule is Cc1cc(N=CC2C(=O)Nc3cccc(F)c32)ccc1NCCc1ccncc1. The third kappa shape index (κ3) is 4.16. The minimum atomic E-state index is -0.718. The van der Waals surface area contributed by atoms with E-state index in [2.05, 4.69) is 20.6 Å². The maximum absolute atomic E-state index is 14.1. The number of benzene rings is 2. The maximum atomic E-state index is 14.1. The Kier molecular flexibility index (Phi) is 5.33. The molecule has 2 heterocycles. The molecule has 0 aliphatic carbocycles. The highest BCUT2D eigenvalue weighted by Gasteiger charge is 2.31. The Bertz CT molecular complexity index is 1070. The molecule has 1 aliphatic rings. The Morgan fingerprint density at radius 3 is 2.83 bits per heavy atom. The number of aryl methyl sites for hydroxylation is 1. The lowest BCUT2D eigenvalue weighted by Gasteiger charge is -2.10. The van der Waals surface area contributed by atoms with Crippen molar-refractivity contribution in [1.29, 1.82) is 0 Å². The quantitative estimate of drug-likeness (QED) is 0.606. The molecule has 6 heteroatoms. The van der Waals surface area contributed by atoms with E-state index in [0.29, 0.717) is 11.3 Å². The predicted molar refractivity (Wildman–Crippen MR) is 114 cm³/mol. The number of carbonyl (C=O) groups is 1. The van der Waals surface area contributed by atoms with Gasteiger partial charge in [-0.25, -0.2) is 4.39 Å². The van der Waals surface area contributed by atoms with Crippen LogP contribution in [0.1, 0.15) is 22.6 Å². The van der Waals surface area contributed by atoms with Gasteiger partial charge in [-0.15, -0.1) is 0 Å². The van der Waals surface area contributed by atoms with Gasteiger partial charge in [0.2, 0.25) is 5.91 Å². The van der Waals surface area contributed by atoms with Gasteiger partial charge in [0.25, 0.3) is 0 Å². The molecule has 2 N–H and O–H groups in total. The molecule has 4 rings (SSSR count). The fraction of sp³-hybridized carbons (Fsp3) is 0.174. The molecule has 0 saturated carbocycles. The van der Waals surface area contributed by atoms with E-state index >= 15 is 0 Å². The Morgan fingerprint density at radius 2 is 2.03 bits per heavy atom. The van der Waals surface area contributed by atoms with Gasteiger partial charge in [0.05, 0.1) is 5.69 Å². The first-order valence-corrected chi connectivity index (χ1v) is 9.49. The van der Waals surface area contributed by atoms with Gasteiger partial charge in [-0.3, -0.25) is 14.8 Å². The zero-order valence-corrected chi connectivity index (χ0v) is 16.0. The van der Waals surface area contributed by atoms with Crippen molar-refractivity contribution in [1.82, 2.24) is 4.98 Å². The zero-order valence-electron chi connectivity index (χ0n) is 16.0. The number of halogens is 1. The van der Waals surface area contributed by atoms with Crippen LogP contribution >= 0.6 is 0 Å². The molecule has 5 nitrogen and oxygen atoms in total. The molecular formula is C23H21FN4O. The molecule has 0 spiro atoms. The van der Waals surface area contributed by atoms with E-state index in [9.17, 15) is 9.18 Å². The molecular weight excluding hydrogens is 367 g/mol. The summed E-state index contributed by atoms with van der Waals surface area (Å²) in [6, 6.07) is 14.4. The van der Waals surface area contributed by atoms with E-state index in [1.807, 2.05) is 37.3 Å². The number of carbonyl (C=O) groups excluding carboxylic acids is 1. The normalized spacial score (nSPS) is 15.4. The van der Waals surface area contributed by atoms with Crippen LogP contribution in [-0.2, 0) is 11.2 Å². The Morgan fingerprint density at radius 1 is 1.21 bits per heavy atom. The number of fused-ring (bicyclic) bond motifs is 1. The van der Waals surface area contributed by atoms with Crippen LogP contribution in [0.15, 0.2) is 65.9 Å². The van der Waals surface area contributed by atoms with Crippen LogP contribution in [0, 0.1) is 12.7 Å². The van der Waals surface area contributed by atoms with Gasteiger partial charge in [-0.2, -0.15) is 0 Å². The van der Waals surface area contributed by atoms with Crippen molar-refractivity contribution in [2.45, 2.75) is 19.3 Å². The molecule has 1 amide bonds. The summed E-state index contributed by atoms with van der Waals surface area (Å²) in [4.78, 5) is 20.6. The molecule has 2 aromatic carbocycles. The molecule has 0 fully saturated rings. The predicted octanol–water partition coefficient (Wildman–Crippen LogP) is 4.62. The van der Waals surface area contributed by atoms with Gasteiger partial charge in [0.15, 0.2) is 0 Å². The largest absolute Gasteiger partial charge is 0.384 e. The van der Waals surface area contributed by atoms with Gasteiger partial charge in [0.1, 0.15) is 11.7 Å². The lowest BCUT2D eigenvalue weighted by molar-refractivity contribution is -0.115. The second-order valence-corrected chi connectivity index (χ2v) is 6.98. The summed E-state index contributed by atoms with van der Waals surface area (Å²) in [5.41, 5.74) is 4.90. The van der Waals surface area contributed by atoms with E-state index in [0.717, 1.165) is 29.9 Å². The molecule has 1 atom stereocenters. The number of rotatable bonds is 6. The van der Waals surface area contributed by atoms with Gasteiger partial charge in [0, 0.05) is 42.1 Å². The highest BCUT2D eigenvalue weighted by atomic mass is 19.1. The molecule has 29 heavy (non-hydrogen) atoms. The molecule has 1 unspecified atom stereocenters. The molecule has 1 aromatic heterocycles. The Labute approximate surface area is 168 Å². The van der Waals surface area contributed by atoms with Crippen LogP contribution in [-0.4, -0.2) is 23.7 Å². The number of anilines is 2. The Hall–Kier alpha value is -3.54. The Balaban J connectivity index is 1.43. The van der Waals surface area contributed by atoms with Gasteiger partial charge in [-0.1, -0.05) is 6.07 Å². The van der Waals surface area contributed by atoms with Crippen molar-refractivity contribution >= 4 is 29.2 Å². The molecule has 0 radical (unpaired) electrons. The third-order valence-corrected chi connectivity index (χ3v) is 4.97. The monoisotopic (exact) mass is 388 g/mol. The van der Waals surface area contributed by atoms with Crippen molar-refractivity contribution < 1.29 is 9.18 Å². The van der Waals surface area contributed by atoms with E-state index in [-0.39, 0.29) is 5.91 Å². The summed E-state index contributed by atoms with van der Waals surface area (Å²) in [5.74, 6) is -1.38. The maximum Gasteiger partial charge on any atom is 0.237 e. The minimum absolute atomic E-state index is 0.264. The van der Waals surface area contributed by atoms with Crippen LogP contribution in [0.2, 0.25) is 0 Å². The lowest BCUT2D eigenvalue weighted by Crippen LogP contribution is -2.13. The van der Waals surface area contributed by atoms with E-state index in [4.69, 9.17) is 0 Å². The summed E-state index contributed by atoms with van der Waals surface area (Å²) < 4.78 is 14.1. The van der Waals surface area contributed by atoms with Crippen molar-refractivity contribution in [3.05, 3.63) is 83.4 Å². The van der Waals surface area contributed by atoms with E-state index in [1.54, 1.807) is 24.5 Å². The number of nitrogens with one attached hydrogen (secondary N) is 2. The summed E-state index contributed by atoms with van der Waals surface area (Å²) in [5, 5.41) is 6.13. The van der Waals surface area contributed by atoms with Crippen LogP contribution in [0.3, 0.4) is 0 Å². The third-order valence-electron chi connectivity index (χ3n) is 4.97. The summed E-state index contributed by atoms with van der Waals surface area (Å²) in [6.07, 6.45) is 6.00. The number of aliphatic imine (C=N–C) groups is 1. The number of hydrogen-bond acceptors (Lipinski definition) is 4. The van der Waals surface area contributed by atoms with Crippen LogP contribution < -0.4 is 10.6 Å². The molecule has 146 valence electrons. The highest BCUT2D eigenvalue weighted by Crippen LogP contribution is 2.34. The van der Waals surface area contributed by atoms with Crippen LogP contribution in [0.4, 0.5) is 21.5 Å². The van der Waals surface area contributed by atoms with Crippen molar-refractivity contribution in [3.63, 3.8) is 0 Å². The molecule has 0 bridgehead atoms. The first kappa shape index (κ1) is 18.8. The van der Waals surface area contributed by atoms with Crippen molar-refractivity contribution in [3.8, 4) is 0 Å². The second-order valence-electron chi connectivity index (χ2n) is 6.98. The first-order valence-electron chi connectivity index (χ1n) is 9.49. The van der Waals surface area contributed by atoms with Crippen LogP contribution in [0.25, 0.3) is 0 Å². The summed E-state index contributed by atoms with van der Waals surface area (Å²) >= 11 is 0. The molecule has 3 aromatic rings. The molecule has 1 aliphatic heterocycles. The number of aromatic nitrogens is 1. The number of nitrogens with zero attached hydrogens (tertiary/aromatic N) is 2. The highest BCUT2D eigenvalue weighted by molar-refractivity contribution is 6.12. The smallest absolute Gasteiger partial charge is 0.237 e. The lowest BCUT2D eigenvalue weighted by atomic mass is 10.0. The number of pyridine rings is 1. The topological polar surface area (TPSA) is 66.4 Å². The number of amides is 1. The summed E-state index contributed by atoms with van der Waals surface area (Å²) in [7, 11) is 0. The zero-order chi connectivity index (χ0) is 20.2.